The van der Waals surface area contributed by atoms with Crippen molar-refractivity contribution in [1.29, 1.82) is 0 Å². The van der Waals surface area contributed by atoms with Crippen LogP contribution in [0.15, 0.2) is 18.2 Å². The largest absolute Gasteiger partial charge is 0.496 e. The number of rotatable bonds is 3. The zero-order chi connectivity index (χ0) is 10.7. The van der Waals surface area contributed by atoms with E-state index in [0.717, 1.165) is 11.3 Å². The lowest BCUT2D eigenvalue weighted by Crippen LogP contribution is -2.18. The van der Waals surface area contributed by atoms with Crippen molar-refractivity contribution >= 4 is 11.6 Å². The van der Waals surface area contributed by atoms with Crippen LogP contribution in [0.4, 0.5) is 0 Å². The molecule has 0 aliphatic carbocycles. The van der Waals surface area contributed by atoms with Gasteiger partial charge in [0.15, 0.2) is 0 Å². The van der Waals surface area contributed by atoms with Gasteiger partial charge in [-0.15, -0.1) is 0 Å². The van der Waals surface area contributed by atoms with Crippen LogP contribution < -0.4 is 10.5 Å². The van der Waals surface area contributed by atoms with Gasteiger partial charge in [-0.3, -0.25) is 0 Å². The maximum atomic E-state index is 6.09. The van der Waals surface area contributed by atoms with E-state index in [2.05, 4.69) is 13.8 Å². The van der Waals surface area contributed by atoms with Crippen LogP contribution in [0.1, 0.15) is 25.5 Å². The van der Waals surface area contributed by atoms with Crippen LogP contribution in [0.25, 0.3) is 0 Å². The molecule has 0 saturated carbocycles. The van der Waals surface area contributed by atoms with Gasteiger partial charge in [0.25, 0.3) is 0 Å². The zero-order valence-corrected chi connectivity index (χ0v) is 9.51. The molecule has 1 aromatic carbocycles. The Hall–Kier alpha value is -0.730. The lowest BCUT2D eigenvalue weighted by atomic mass is 9.96. The predicted octanol–water partition coefficient (Wildman–Crippen LogP) is 3.00. The van der Waals surface area contributed by atoms with Gasteiger partial charge >= 0.3 is 0 Å². The monoisotopic (exact) mass is 213 g/mol. The second-order valence-electron chi connectivity index (χ2n) is 3.63. The van der Waals surface area contributed by atoms with E-state index in [0.29, 0.717) is 10.9 Å². The van der Waals surface area contributed by atoms with Crippen molar-refractivity contribution in [3.63, 3.8) is 0 Å². The molecule has 2 N–H and O–H groups in total. The third-order valence-corrected chi connectivity index (χ3v) is 2.61. The smallest absolute Gasteiger partial charge is 0.125 e. The van der Waals surface area contributed by atoms with Gasteiger partial charge in [-0.2, -0.15) is 0 Å². The van der Waals surface area contributed by atoms with E-state index in [4.69, 9.17) is 22.1 Å². The first-order chi connectivity index (χ1) is 6.57. The Balaban J connectivity index is 3.16. The Morgan fingerprint density at radius 1 is 1.36 bits per heavy atom. The minimum atomic E-state index is -0.0846. The first-order valence-electron chi connectivity index (χ1n) is 4.66. The van der Waals surface area contributed by atoms with Crippen LogP contribution in [-0.2, 0) is 0 Å². The Morgan fingerprint density at radius 3 is 2.50 bits per heavy atom. The summed E-state index contributed by atoms with van der Waals surface area (Å²) < 4.78 is 5.23. The summed E-state index contributed by atoms with van der Waals surface area (Å²) in [4.78, 5) is 0. The molecule has 1 atom stereocenters. The Kier molecular flexibility index (Phi) is 3.78. The standard InChI is InChI=1S/C11H16ClNO/c1-7(2)11(13)10-8(12)5-4-6-9(10)14-3/h4-7,11H,13H2,1-3H3/t11-/m0/s1. The molecule has 1 aromatic rings. The molecule has 14 heavy (non-hydrogen) atoms. The molecule has 0 amide bonds. The lowest BCUT2D eigenvalue weighted by molar-refractivity contribution is 0.396. The molecule has 0 aliphatic heterocycles. The van der Waals surface area contributed by atoms with Crippen molar-refractivity contribution in [2.24, 2.45) is 11.7 Å². The number of hydrogen-bond acceptors (Lipinski definition) is 2. The van der Waals surface area contributed by atoms with Crippen molar-refractivity contribution in [2.75, 3.05) is 7.11 Å². The van der Waals surface area contributed by atoms with Crippen LogP contribution in [0.2, 0.25) is 5.02 Å². The first-order valence-corrected chi connectivity index (χ1v) is 5.03. The van der Waals surface area contributed by atoms with Crippen LogP contribution >= 0.6 is 11.6 Å². The number of methoxy groups -OCH3 is 1. The van der Waals surface area contributed by atoms with E-state index in [-0.39, 0.29) is 6.04 Å². The quantitative estimate of drug-likeness (QED) is 0.838. The summed E-state index contributed by atoms with van der Waals surface area (Å²) in [6, 6.07) is 5.49. The summed E-state index contributed by atoms with van der Waals surface area (Å²) in [6.45, 7) is 4.13. The molecule has 0 spiro atoms. The van der Waals surface area contributed by atoms with E-state index in [1.807, 2.05) is 18.2 Å². The molecular formula is C11H16ClNO. The highest BCUT2D eigenvalue weighted by Crippen LogP contribution is 2.33. The summed E-state index contributed by atoms with van der Waals surface area (Å²) in [5, 5.41) is 0.672. The summed E-state index contributed by atoms with van der Waals surface area (Å²) in [5.41, 5.74) is 6.95. The third kappa shape index (κ3) is 2.20. The second kappa shape index (κ2) is 4.67. The summed E-state index contributed by atoms with van der Waals surface area (Å²) in [6.07, 6.45) is 0. The van der Waals surface area contributed by atoms with E-state index >= 15 is 0 Å². The summed E-state index contributed by atoms with van der Waals surface area (Å²) in [5.74, 6) is 1.10. The maximum Gasteiger partial charge on any atom is 0.125 e. The highest BCUT2D eigenvalue weighted by atomic mass is 35.5. The number of nitrogens with two attached hydrogens (primary N) is 1. The molecular weight excluding hydrogens is 198 g/mol. The molecule has 0 heterocycles. The van der Waals surface area contributed by atoms with Gasteiger partial charge < -0.3 is 10.5 Å². The molecule has 2 nitrogen and oxygen atoms in total. The fourth-order valence-electron chi connectivity index (χ4n) is 1.35. The van der Waals surface area contributed by atoms with Crippen LogP contribution in [-0.4, -0.2) is 7.11 Å². The van der Waals surface area contributed by atoms with E-state index in [1.54, 1.807) is 7.11 Å². The molecule has 3 heteroatoms. The molecule has 1 rings (SSSR count). The average Bonchev–Trinajstić information content (AvgIpc) is 2.16. The fourth-order valence-corrected chi connectivity index (χ4v) is 1.64. The SMILES string of the molecule is COc1cccc(Cl)c1[C@@H](N)C(C)C. The van der Waals surface area contributed by atoms with Crippen molar-refractivity contribution in [2.45, 2.75) is 19.9 Å². The molecule has 0 saturated heterocycles. The van der Waals surface area contributed by atoms with Gasteiger partial charge in [0.2, 0.25) is 0 Å². The molecule has 0 aliphatic rings. The van der Waals surface area contributed by atoms with Crippen LogP contribution in [0.3, 0.4) is 0 Å². The normalized spacial score (nSPS) is 13.0. The third-order valence-electron chi connectivity index (χ3n) is 2.28. The van der Waals surface area contributed by atoms with Crippen molar-refractivity contribution < 1.29 is 4.74 Å². The Bertz CT molecular complexity index is 312. The van der Waals surface area contributed by atoms with Crippen LogP contribution in [0, 0.1) is 5.92 Å². The number of halogens is 1. The van der Waals surface area contributed by atoms with Gasteiger partial charge in [0.1, 0.15) is 5.75 Å². The first kappa shape index (κ1) is 11.3. The van der Waals surface area contributed by atoms with Crippen molar-refractivity contribution in [3.05, 3.63) is 28.8 Å². The molecule has 0 aromatic heterocycles. The molecule has 78 valence electrons. The fraction of sp³-hybridized carbons (Fsp3) is 0.455. The van der Waals surface area contributed by atoms with Crippen molar-refractivity contribution in [3.8, 4) is 5.75 Å². The zero-order valence-electron chi connectivity index (χ0n) is 8.75. The van der Waals surface area contributed by atoms with Gasteiger partial charge in [-0.05, 0) is 18.1 Å². The molecule has 0 radical (unpaired) electrons. The van der Waals surface area contributed by atoms with E-state index in [1.165, 1.54) is 0 Å². The molecule has 0 bridgehead atoms. The van der Waals surface area contributed by atoms with Gasteiger partial charge in [-0.25, -0.2) is 0 Å². The molecule has 0 fully saturated rings. The maximum absolute atomic E-state index is 6.09. The number of benzene rings is 1. The number of hydrogen-bond donors (Lipinski definition) is 1. The minimum absolute atomic E-state index is 0.0846. The van der Waals surface area contributed by atoms with Gasteiger partial charge in [0, 0.05) is 16.6 Å². The van der Waals surface area contributed by atoms with E-state index < -0.39 is 0 Å². The number of ether oxygens (including phenoxy) is 1. The lowest BCUT2D eigenvalue weighted by Gasteiger charge is -2.20. The highest BCUT2D eigenvalue weighted by molar-refractivity contribution is 6.31. The predicted molar refractivity (Wildman–Crippen MR) is 59.8 cm³/mol. The average molecular weight is 214 g/mol. The van der Waals surface area contributed by atoms with Gasteiger partial charge in [0.05, 0.1) is 7.11 Å². The topological polar surface area (TPSA) is 35.2 Å². The van der Waals surface area contributed by atoms with Crippen LogP contribution in [0.5, 0.6) is 5.75 Å². The molecule has 0 unspecified atom stereocenters. The van der Waals surface area contributed by atoms with Gasteiger partial charge in [-0.1, -0.05) is 31.5 Å². The summed E-state index contributed by atoms with van der Waals surface area (Å²) in [7, 11) is 1.63. The minimum Gasteiger partial charge on any atom is -0.496 e. The van der Waals surface area contributed by atoms with E-state index in [9.17, 15) is 0 Å². The second-order valence-corrected chi connectivity index (χ2v) is 4.03. The highest BCUT2D eigenvalue weighted by Gasteiger charge is 2.18. The summed E-state index contributed by atoms with van der Waals surface area (Å²) >= 11 is 6.09. The Morgan fingerprint density at radius 2 is 2.00 bits per heavy atom. The van der Waals surface area contributed by atoms with Crippen molar-refractivity contribution in [1.82, 2.24) is 0 Å². The Labute approximate surface area is 90.0 Å².